The number of rotatable bonds is 13. The van der Waals surface area contributed by atoms with Crippen molar-refractivity contribution in [2.75, 3.05) is 7.11 Å². The normalized spacial score (nSPS) is 39.6. The van der Waals surface area contributed by atoms with Crippen LogP contribution < -0.4 is 0 Å². The number of cyclic esters (lactones) is 1. The summed E-state index contributed by atoms with van der Waals surface area (Å²) in [5, 5.41) is 133. The summed E-state index contributed by atoms with van der Waals surface area (Å²) in [6.07, 6.45) is -17.3. The number of ketones is 1. The molecule has 5 rings (SSSR count). The monoisotopic (exact) mass is 1230 g/mol. The average molecular weight is 1230 g/mol. The van der Waals surface area contributed by atoms with E-state index in [1.807, 2.05) is 6.92 Å². The lowest BCUT2D eigenvalue weighted by Gasteiger charge is -2.44. The molecule has 3 fully saturated rings. The number of benzene rings is 1. The molecule has 0 saturated carbocycles. The van der Waals surface area contributed by atoms with Gasteiger partial charge in [0, 0.05) is 81.8 Å². The zero-order valence-corrected chi connectivity index (χ0v) is 51.6. The highest BCUT2D eigenvalue weighted by Gasteiger charge is 2.56. The van der Waals surface area contributed by atoms with Gasteiger partial charge in [-0.25, -0.2) is 9.59 Å². The number of carbonyl (C=O) groups is 4. The van der Waals surface area contributed by atoms with E-state index in [9.17, 15) is 80.5 Å². The lowest BCUT2D eigenvalue weighted by molar-refractivity contribution is -0.309. The molecule has 1 unspecified atom stereocenters. The van der Waals surface area contributed by atoms with Gasteiger partial charge in [0.1, 0.15) is 42.7 Å². The van der Waals surface area contributed by atoms with Crippen molar-refractivity contribution in [1.29, 1.82) is 0 Å². The number of aromatic hydroxyl groups is 2. The maximum atomic E-state index is 13.8. The zero-order valence-electron chi connectivity index (χ0n) is 51.6. The van der Waals surface area contributed by atoms with Gasteiger partial charge in [-0.1, -0.05) is 67.9 Å². The molecule has 27 atom stereocenters. The van der Waals surface area contributed by atoms with Gasteiger partial charge in [0.25, 0.3) is 5.79 Å². The topological polar surface area (TPSA) is 388 Å². The first kappa shape index (κ1) is 72.8. The van der Waals surface area contributed by atoms with Crippen molar-refractivity contribution in [3.05, 3.63) is 35.9 Å². The molecular formula is C62H100O24. The second-order valence-electron chi connectivity index (χ2n) is 25.1. The van der Waals surface area contributed by atoms with E-state index in [-0.39, 0.29) is 69.3 Å². The molecule has 0 amide bonds. The predicted molar refractivity (Wildman–Crippen MR) is 306 cm³/mol. The van der Waals surface area contributed by atoms with E-state index in [4.69, 9.17) is 37.9 Å². The second-order valence-corrected chi connectivity index (χ2v) is 25.1. The van der Waals surface area contributed by atoms with E-state index in [1.54, 1.807) is 55.4 Å². The van der Waals surface area contributed by atoms with Crippen LogP contribution in [0.2, 0.25) is 0 Å². The summed E-state index contributed by atoms with van der Waals surface area (Å²) < 4.78 is 47.5. The van der Waals surface area contributed by atoms with Crippen molar-refractivity contribution in [2.24, 2.45) is 41.4 Å². The maximum Gasteiger partial charge on any atom is 0.338 e. The van der Waals surface area contributed by atoms with Crippen LogP contribution in [0.4, 0.5) is 0 Å². The fourth-order valence-corrected chi connectivity index (χ4v) is 12.6. The molecule has 3 saturated heterocycles. The van der Waals surface area contributed by atoms with Gasteiger partial charge in [-0.05, 0) is 75.5 Å². The number of hydrogen-bond acceptors (Lipinski definition) is 24. The predicted octanol–water partition coefficient (Wildman–Crippen LogP) is 3.01. The number of epoxide rings is 1. The molecule has 0 aromatic heterocycles. The fourth-order valence-electron chi connectivity index (χ4n) is 12.6. The van der Waals surface area contributed by atoms with Crippen LogP contribution in [-0.4, -0.2) is 214 Å². The van der Waals surface area contributed by atoms with E-state index in [2.05, 4.69) is 0 Å². The smallest absolute Gasteiger partial charge is 0.338 e. The lowest BCUT2D eigenvalue weighted by Crippen LogP contribution is -2.65. The minimum atomic E-state index is -3.04. The molecule has 24 heteroatoms. The summed E-state index contributed by atoms with van der Waals surface area (Å²) in [4.78, 5) is 53.0. The number of Topliss-reactive ketones (excluding diaryl/α,β-unsaturated/α-hetero) is 1. The molecular weight excluding hydrogens is 1130 g/mol. The molecule has 1 aromatic rings. The number of phenolic OH excluding ortho intramolecular Hbond substituents is 2. The third-order valence-corrected chi connectivity index (χ3v) is 18.4. The minimum absolute atomic E-state index is 0.00680. The molecule has 0 aliphatic carbocycles. The van der Waals surface area contributed by atoms with Gasteiger partial charge in [0.2, 0.25) is 5.78 Å². The Bertz CT molecular complexity index is 2340. The molecule has 4 aliphatic heterocycles. The van der Waals surface area contributed by atoms with Gasteiger partial charge >= 0.3 is 17.9 Å². The number of phenols is 2. The molecule has 4 aliphatic rings. The number of esters is 3. The van der Waals surface area contributed by atoms with Crippen molar-refractivity contribution in [3.63, 3.8) is 0 Å². The minimum Gasteiger partial charge on any atom is -0.504 e. The highest BCUT2D eigenvalue weighted by Crippen LogP contribution is 2.41. The number of fused-ring (bicyclic) bond motifs is 3. The van der Waals surface area contributed by atoms with Gasteiger partial charge in [0.15, 0.2) is 17.8 Å². The van der Waals surface area contributed by atoms with E-state index in [1.165, 1.54) is 19.3 Å². The van der Waals surface area contributed by atoms with Crippen molar-refractivity contribution < 1.29 is 118 Å². The van der Waals surface area contributed by atoms with Crippen LogP contribution in [0.1, 0.15) is 157 Å². The van der Waals surface area contributed by atoms with Crippen LogP contribution in [0, 0.1) is 41.4 Å². The van der Waals surface area contributed by atoms with E-state index in [0.29, 0.717) is 19.3 Å². The van der Waals surface area contributed by atoms with Crippen LogP contribution >= 0.6 is 0 Å². The maximum absolute atomic E-state index is 13.8. The highest BCUT2D eigenvalue weighted by atomic mass is 16.7. The van der Waals surface area contributed by atoms with Crippen LogP contribution in [0.15, 0.2) is 30.4 Å². The third-order valence-electron chi connectivity index (χ3n) is 18.4. The molecule has 0 radical (unpaired) electrons. The summed E-state index contributed by atoms with van der Waals surface area (Å²) in [7, 11) is 1.45. The average Bonchev–Trinajstić information content (AvgIpc) is 2.13. The van der Waals surface area contributed by atoms with Crippen molar-refractivity contribution in [1.82, 2.24) is 0 Å². The Morgan fingerprint density at radius 3 is 2.05 bits per heavy atom. The molecule has 24 nitrogen and oxygen atoms in total. The van der Waals surface area contributed by atoms with E-state index < -0.39 is 193 Å². The Morgan fingerprint density at radius 1 is 0.744 bits per heavy atom. The number of methoxy groups -OCH3 is 1. The Hall–Kier alpha value is -3.96. The molecule has 2 bridgehead atoms. The molecule has 12 N–H and O–H groups in total. The summed E-state index contributed by atoms with van der Waals surface area (Å²) in [6.45, 7) is 16.5. The quantitative estimate of drug-likeness (QED) is 0.0584. The Labute approximate surface area is 504 Å². The van der Waals surface area contributed by atoms with Crippen LogP contribution in [0.5, 0.6) is 11.5 Å². The van der Waals surface area contributed by atoms with Crippen molar-refractivity contribution in [3.8, 4) is 11.5 Å². The van der Waals surface area contributed by atoms with Crippen molar-refractivity contribution >= 4 is 23.7 Å². The summed E-state index contributed by atoms with van der Waals surface area (Å²) in [5.74, 6) is -12.4. The number of aliphatic hydroxyl groups is 10. The molecule has 492 valence electrons. The summed E-state index contributed by atoms with van der Waals surface area (Å²) >= 11 is 0. The summed E-state index contributed by atoms with van der Waals surface area (Å²) in [5.41, 5.74) is -0.00680. The number of carbonyl (C=O) groups excluding carboxylic acids is 4. The lowest BCUT2D eigenvalue weighted by atomic mass is 9.77. The van der Waals surface area contributed by atoms with E-state index in [0.717, 1.165) is 25.1 Å². The summed E-state index contributed by atoms with van der Waals surface area (Å²) in [6, 6.07) is 3.55. The zero-order chi connectivity index (χ0) is 64.2. The van der Waals surface area contributed by atoms with Gasteiger partial charge in [0.05, 0.1) is 72.7 Å². The first-order valence-corrected chi connectivity index (χ1v) is 30.7. The Balaban J connectivity index is 1.32. The van der Waals surface area contributed by atoms with E-state index >= 15 is 0 Å². The number of aliphatic hydroxyl groups excluding tert-OH is 9. The highest BCUT2D eigenvalue weighted by molar-refractivity contribution is 5.91. The fraction of sp³-hybridized carbons (Fsp3) is 0.806. The standard InChI is InChI=1S/C62H100O24/c1-12-48(82-51-28-49(57(79-11)36(9)80-51)83-61(77)38-20-21-42(65)46(69)23-38)32(5)53(73)33(6)54(74)34(7)55-35(8)56-58(85-56)43(66)18-14-17-39(64)24-40(81-37(10)63)25-41-26-47(70)59(75)62(78,86-41)60(76)52(72)31(4)16-13-15-29(2)44(67)27-45(68)30(3)19-22-50(71)84-55/h19-23,29-36,39-41,43-45,47-49,51-59,64-70,72-75,78H,12-18,24-28H2,1-11H3/b22-19+/t29-,30-,31+,32-,33+,34-,35+,36-,39+,40-,41+,43-,44-,45+,47-,48-,49-,51?,52-,53-,54+,55-,56-,57-,58+,59-,62+/m0/s1. The first-order chi connectivity index (χ1) is 40.3. The second kappa shape index (κ2) is 32.7. The van der Waals surface area contributed by atoms with Gasteiger partial charge in [-0.2, -0.15) is 0 Å². The first-order valence-electron chi connectivity index (χ1n) is 30.7. The van der Waals surface area contributed by atoms with Crippen LogP contribution in [-0.2, 0) is 52.3 Å². The third kappa shape index (κ3) is 19.3. The Morgan fingerprint density at radius 2 is 1.41 bits per heavy atom. The largest absolute Gasteiger partial charge is 0.504 e. The van der Waals surface area contributed by atoms with Gasteiger partial charge in [-0.3, -0.25) is 9.59 Å². The van der Waals surface area contributed by atoms with Crippen LogP contribution in [0.3, 0.4) is 0 Å². The Kier molecular flexibility index (Phi) is 27.7. The van der Waals surface area contributed by atoms with Crippen LogP contribution in [0.25, 0.3) is 0 Å². The molecule has 0 spiro atoms. The number of hydrogen-bond donors (Lipinski definition) is 12. The SMILES string of the molecule is CC[C@H](OC1C[C@H](OC(=O)c2ccc(O)c(O)c2)[C@@H](OC)[C@H](C)O1)[C@H](C)[C@H](O)[C@@H](C)[C@@H](O)[C@H](C)[C@@H]1OC(=O)/C=C/[C@H](C)[C@H](O)C[C@H](O)[C@@H](C)CCC[C@@H](C)[C@H](O)C(=O)[C@]2(O)O[C@H](C[C@@H](OC(C)=O)C[C@H](O)CCC[C@H](O)[C@H]3O[C@H]3[C@@H]1C)C[C@H](O)[C@@H]2O. The number of ether oxygens (including phenoxy) is 8. The molecule has 4 heterocycles. The molecule has 1 aromatic carbocycles. The molecule has 86 heavy (non-hydrogen) atoms. The van der Waals surface area contributed by atoms with Crippen molar-refractivity contribution in [2.45, 2.75) is 268 Å². The van der Waals surface area contributed by atoms with Gasteiger partial charge < -0.3 is 99.2 Å². The van der Waals surface area contributed by atoms with Gasteiger partial charge in [-0.15, -0.1) is 0 Å².